The van der Waals surface area contributed by atoms with Crippen LogP contribution in [0, 0.1) is 0 Å². The number of ether oxygens (including phenoxy) is 3. The highest BCUT2D eigenvalue weighted by Gasteiger charge is 2.19. The summed E-state index contributed by atoms with van der Waals surface area (Å²) in [6, 6.07) is 0. The Bertz CT molecular complexity index is 1060. The van der Waals surface area contributed by atoms with Gasteiger partial charge in [0.15, 0.2) is 6.10 Å². The number of rotatable bonds is 50. The highest BCUT2D eigenvalue weighted by Crippen LogP contribution is 2.16. The van der Waals surface area contributed by atoms with Gasteiger partial charge in [-0.25, -0.2) is 0 Å². The molecule has 0 spiro atoms. The van der Waals surface area contributed by atoms with Crippen LogP contribution in [0.2, 0.25) is 0 Å². The third kappa shape index (κ3) is 50.5. The van der Waals surface area contributed by atoms with E-state index in [1.165, 1.54) is 161 Å². The van der Waals surface area contributed by atoms with E-state index >= 15 is 0 Å². The Kier molecular flexibility index (Phi) is 50.3. The summed E-state index contributed by atoms with van der Waals surface area (Å²) in [5, 5.41) is 0. The molecule has 0 aliphatic heterocycles. The van der Waals surface area contributed by atoms with Gasteiger partial charge in [0, 0.05) is 19.3 Å². The smallest absolute Gasteiger partial charge is 0.306 e. The second-order valence-corrected chi connectivity index (χ2v) is 18.5. The van der Waals surface area contributed by atoms with Crippen LogP contribution in [0.1, 0.15) is 290 Å². The Morgan fingerprint density at radius 1 is 0.317 bits per heavy atom. The zero-order valence-corrected chi connectivity index (χ0v) is 42.1. The van der Waals surface area contributed by atoms with Crippen molar-refractivity contribution in [1.82, 2.24) is 0 Å². The topological polar surface area (TPSA) is 78.9 Å². The van der Waals surface area contributed by atoms with Gasteiger partial charge in [0.1, 0.15) is 13.2 Å². The molecule has 368 valence electrons. The zero-order chi connectivity index (χ0) is 45.8. The predicted molar refractivity (Wildman–Crippen MR) is 270 cm³/mol. The largest absolute Gasteiger partial charge is 0.462 e. The maximum absolute atomic E-state index is 12.8. The zero-order valence-electron chi connectivity index (χ0n) is 42.1. The summed E-state index contributed by atoms with van der Waals surface area (Å²) in [5.74, 6) is -0.886. The molecule has 1 atom stereocenters. The molecule has 63 heavy (non-hydrogen) atoms. The van der Waals surface area contributed by atoms with E-state index in [2.05, 4.69) is 57.2 Å². The van der Waals surface area contributed by atoms with Crippen LogP contribution in [0.3, 0.4) is 0 Å². The first-order valence-electron chi connectivity index (χ1n) is 27.5. The molecule has 0 rings (SSSR count). The fourth-order valence-corrected chi connectivity index (χ4v) is 7.94. The van der Waals surface area contributed by atoms with Crippen LogP contribution in [0.5, 0.6) is 0 Å². The second kappa shape index (κ2) is 52.3. The van der Waals surface area contributed by atoms with Gasteiger partial charge in [-0.2, -0.15) is 0 Å². The summed E-state index contributed by atoms with van der Waals surface area (Å²) in [6.45, 7) is 6.62. The molecular weight excluding hydrogens is 781 g/mol. The maximum Gasteiger partial charge on any atom is 0.306 e. The Morgan fingerprint density at radius 2 is 0.571 bits per heavy atom. The first-order chi connectivity index (χ1) is 31.0. The highest BCUT2D eigenvalue weighted by molar-refractivity contribution is 5.71. The van der Waals surface area contributed by atoms with Crippen LogP contribution in [0.15, 0.2) is 36.5 Å². The van der Waals surface area contributed by atoms with Gasteiger partial charge in [-0.15, -0.1) is 0 Å². The van der Waals surface area contributed by atoms with Crippen LogP contribution in [0.25, 0.3) is 0 Å². The molecule has 6 nitrogen and oxygen atoms in total. The Morgan fingerprint density at radius 3 is 0.921 bits per heavy atom. The van der Waals surface area contributed by atoms with Gasteiger partial charge in [-0.05, 0) is 77.0 Å². The third-order valence-corrected chi connectivity index (χ3v) is 12.1. The van der Waals surface area contributed by atoms with Crippen molar-refractivity contribution in [2.24, 2.45) is 0 Å². The van der Waals surface area contributed by atoms with Gasteiger partial charge in [0.05, 0.1) is 0 Å². The SMILES string of the molecule is CCCCC/C=C\C/C=C\CCCCCCCC(=O)OC(COC(=O)CCCCCCC/C=C\CCCCCCCCC)COC(=O)CCCCCCCCCCCCCCCC. The third-order valence-electron chi connectivity index (χ3n) is 12.1. The van der Waals surface area contributed by atoms with Crippen molar-refractivity contribution in [3.63, 3.8) is 0 Å². The predicted octanol–water partition coefficient (Wildman–Crippen LogP) is 18.1. The minimum atomic E-state index is -0.779. The number of hydrogen-bond donors (Lipinski definition) is 0. The normalized spacial score (nSPS) is 12.2. The van der Waals surface area contributed by atoms with Crippen LogP contribution in [-0.4, -0.2) is 37.2 Å². The molecule has 0 fully saturated rings. The number of allylic oxidation sites excluding steroid dienone is 6. The molecule has 0 heterocycles. The minimum Gasteiger partial charge on any atom is -0.462 e. The summed E-state index contributed by atoms with van der Waals surface area (Å²) in [4.78, 5) is 38.0. The van der Waals surface area contributed by atoms with Crippen LogP contribution < -0.4 is 0 Å². The van der Waals surface area contributed by atoms with E-state index in [0.717, 1.165) is 89.9 Å². The van der Waals surface area contributed by atoms with Gasteiger partial charge >= 0.3 is 17.9 Å². The lowest BCUT2D eigenvalue weighted by Crippen LogP contribution is -2.30. The Hall–Kier alpha value is -2.37. The number of carbonyl (C=O) groups excluding carboxylic acids is 3. The van der Waals surface area contributed by atoms with E-state index in [9.17, 15) is 14.4 Å². The average molecular weight is 885 g/mol. The molecule has 1 unspecified atom stereocenters. The van der Waals surface area contributed by atoms with Crippen molar-refractivity contribution >= 4 is 17.9 Å². The van der Waals surface area contributed by atoms with Gasteiger partial charge < -0.3 is 14.2 Å². The van der Waals surface area contributed by atoms with Crippen molar-refractivity contribution in [3.05, 3.63) is 36.5 Å². The summed E-state index contributed by atoms with van der Waals surface area (Å²) >= 11 is 0. The fourth-order valence-electron chi connectivity index (χ4n) is 7.94. The lowest BCUT2D eigenvalue weighted by atomic mass is 10.0. The summed E-state index contributed by atoms with van der Waals surface area (Å²) in [6.07, 6.45) is 61.2. The highest BCUT2D eigenvalue weighted by atomic mass is 16.6. The standard InChI is InChI=1S/C57H104O6/c1-4-7-10-13-16-19-22-25-28-30-32-35-38-41-44-47-50-56(59)62-53-54(52-61-55(58)49-46-43-40-37-34-31-27-24-21-18-15-12-9-6-3)63-57(60)51-48-45-42-39-36-33-29-26-23-20-17-14-11-8-5-2/h17,20,26,28-30,54H,4-16,18-19,21-25,27,31-53H2,1-3H3/b20-17-,29-26-,30-28-. The van der Waals surface area contributed by atoms with E-state index in [0.29, 0.717) is 19.3 Å². The number of unbranched alkanes of at least 4 members (excludes halogenated alkanes) is 33. The van der Waals surface area contributed by atoms with E-state index < -0.39 is 6.10 Å². The first-order valence-corrected chi connectivity index (χ1v) is 27.5. The molecule has 0 aliphatic rings. The summed E-state index contributed by atoms with van der Waals surface area (Å²) in [5.41, 5.74) is 0. The molecule has 0 saturated heterocycles. The lowest BCUT2D eigenvalue weighted by Gasteiger charge is -2.18. The number of esters is 3. The van der Waals surface area contributed by atoms with Crippen molar-refractivity contribution < 1.29 is 28.6 Å². The molecule has 0 amide bonds. The van der Waals surface area contributed by atoms with Gasteiger partial charge in [0.2, 0.25) is 0 Å². The molecule has 0 aromatic carbocycles. The first kappa shape index (κ1) is 60.6. The van der Waals surface area contributed by atoms with Crippen molar-refractivity contribution in [2.45, 2.75) is 297 Å². The summed E-state index contributed by atoms with van der Waals surface area (Å²) in [7, 11) is 0. The van der Waals surface area contributed by atoms with Crippen LogP contribution in [-0.2, 0) is 28.6 Å². The molecule has 0 radical (unpaired) electrons. The molecule has 0 saturated carbocycles. The molecule has 0 aliphatic carbocycles. The van der Waals surface area contributed by atoms with Crippen molar-refractivity contribution in [3.8, 4) is 0 Å². The van der Waals surface area contributed by atoms with Crippen LogP contribution >= 0.6 is 0 Å². The van der Waals surface area contributed by atoms with Gasteiger partial charge in [0.25, 0.3) is 0 Å². The molecule has 6 heteroatoms. The summed E-state index contributed by atoms with van der Waals surface area (Å²) < 4.78 is 16.8. The monoisotopic (exact) mass is 885 g/mol. The number of carbonyl (C=O) groups is 3. The van der Waals surface area contributed by atoms with Crippen molar-refractivity contribution in [2.75, 3.05) is 13.2 Å². The van der Waals surface area contributed by atoms with Crippen LogP contribution in [0.4, 0.5) is 0 Å². The van der Waals surface area contributed by atoms with E-state index in [1.807, 2.05) is 0 Å². The Labute approximate surface area is 391 Å². The minimum absolute atomic E-state index is 0.0773. The molecule has 0 N–H and O–H groups in total. The molecule has 0 aromatic heterocycles. The molecular formula is C57H104O6. The van der Waals surface area contributed by atoms with Crippen molar-refractivity contribution in [1.29, 1.82) is 0 Å². The van der Waals surface area contributed by atoms with E-state index in [1.54, 1.807) is 0 Å². The molecule has 0 bridgehead atoms. The Balaban J connectivity index is 4.38. The molecule has 0 aromatic rings. The van der Waals surface area contributed by atoms with Gasteiger partial charge in [-0.3, -0.25) is 14.4 Å². The fraction of sp³-hybridized carbons (Fsp3) is 0.842. The number of hydrogen-bond acceptors (Lipinski definition) is 6. The quantitative estimate of drug-likeness (QED) is 0.0262. The second-order valence-electron chi connectivity index (χ2n) is 18.5. The maximum atomic E-state index is 12.8. The lowest BCUT2D eigenvalue weighted by molar-refractivity contribution is -0.167. The van der Waals surface area contributed by atoms with E-state index in [4.69, 9.17) is 14.2 Å². The average Bonchev–Trinajstić information content (AvgIpc) is 3.28. The van der Waals surface area contributed by atoms with E-state index in [-0.39, 0.29) is 31.1 Å². The van der Waals surface area contributed by atoms with Gasteiger partial charge in [-0.1, -0.05) is 231 Å².